The highest BCUT2D eigenvalue weighted by molar-refractivity contribution is 5.77. The van der Waals surface area contributed by atoms with Gasteiger partial charge in [-0.1, -0.05) is 44.2 Å². The zero-order chi connectivity index (χ0) is 20.2. The normalized spacial score (nSPS) is 18.2. The molecule has 1 saturated heterocycles. The summed E-state index contributed by atoms with van der Waals surface area (Å²) in [5.74, 6) is 2.00. The number of nitrogens with one attached hydrogen (secondary N) is 2. The number of hydrogen-bond donors (Lipinski definition) is 1. The van der Waals surface area contributed by atoms with Crippen molar-refractivity contribution in [1.82, 2.24) is 4.90 Å². The highest BCUT2D eigenvalue weighted by Gasteiger charge is 2.36. The first kappa shape index (κ1) is 19.9. The molecule has 2 aliphatic rings. The van der Waals surface area contributed by atoms with Crippen LogP contribution in [0.4, 0.5) is 5.82 Å². The van der Waals surface area contributed by atoms with Gasteiger partial charge in [-0.2, -0.15) is 0 Å². The van der Waals surface area contributed by atoms with E-state index in [1.165, 1.54) is 28.9 Å². The van der Waals surface area contributed by atoms with Gasteiger partial charge >= 0.3 is 0 Å². The maximum Gasteiger partial charge on any atom is 0.278 e. The highest BCUT2D eigenvalue weighted by atomic mass is 16.2. The van der Waals surface area contributed by atoms with E-state index in [1.54, 1.807) is 0 Å². The van der Waals surface area contributed by atoms with E-state index in [9.17, 15) is 4.79 Å². The van der Waals surface area contributed by atoms with Crippen LogP contribution in [-0.2, 0) is 11.3 Å². The molecule has 0 spiro atoms. The molecule has 1 saturated carbocycles. The second-order valence-corrected chi connectivity index (χ2v) is 8.80. The number of rotatable bonds is 7. The number of aromatic amines is 1. The smallest absolute Gasteiger partial charge is 0.278 e. The molecule has 0 radical (unpaired) electrons. The fourth-order valence-electron chi connectivity index (χ4n) is 4.21. The van der Waals surface area contributed by atoms with E-state index in [0.29, 0.717) is 24.4 Å². The van der Waals surface area contributed by atoms with Crippen molar-refractivity contribution < 1.29 is 14.7 Å². The van der Waals surface area contributed by atoms with Crippen molar-refractivity contribution in [3.8, 4) is 0 Å². The number of quaternary nitrogens is 1. The minimum atomic E-state index is 0.308. The third-order valence-corrected chi connectivity index (χ3v) is 6.28. The summed E-state index contributed by atoms with van der Waals surface area (Å²) >= 11 is 0. The summed E-state index contributed by atoms with van der Waals surface area (Å²) < 4.78 is 0. The predicted molar refractivity (Wildman–Crippen MR) is 115 cm³/mol. The van der Waals surface area contributed by atoms with Crippen molar-refractivity contribution in [2.24, 2.45) is 0 Å². The second-order valence-electron chi connectivity index (χ2n) is 8.80. The van der Waals surface area contributed by atoms with Crippen LogP contribution in [0.2, 0.25) is 0 Å². The van der Waals surface area contributed by atoms with E-state index in [2.05, 4.69) is 59.0 Å². The summed E-state index contributed by atoms with van der Waals surface area (Å²) in [5, 5.41) is 0. The summed E-state index contributed by atoms with van der Waals surface area (Å²) in [4.78, 5) is 22.1. The molecule has 1 aliphatic heterocycles. The molecule has 1 atom stereocenters. The first-order valence-electron chi connectivity index (χ1n) is 11.0. The zero-order valence-corrected chi connectivity index (χ0v) is 17.7. The fraction of sp³-hybridized carbons (Fsp3) is 0.500. The lowest BCUT2D eigenvalue weighted by Gasteiger charge is -2.31. The second kappa shape index (κ2) is 8.95. The lowest BCUT2D eigenvalue weighted by atomic mass is 10.0. The molecule has 2 N–H and O–H groups in total. The Labute approximate surface area is 174 Å². The van der Waals surface area contributed by atoms with Gasteiger partial charge in [0.2, 0.25) is 0 Å². The highest BCUT2D eigenvalue weighted by Crippen LogP contribution is 2.17. The lowest BCUT2D eigenvalue weighted by Crippen LogP contribution is -3.13. The molecule has 1 unspecified atom stereocenters. The van der Waals surface area contributed by atoms with Crippen LogP contribution in [0.1, 0.15) is 43.7 Å². The first-order valence-corrected chi connectivity index (χ1v) is 11.0. The van der Waals surface area contributed by atoms with E-state index < -0.39 is 0 Å². The summed E-state index contributed by atoms with van der Waals surface area (Å²) in [6.07, 6.45) is 4.46. The van der Waals surface area contributed by atoms with Crippen LogP contribution in [0.5, 0.6) is 0 Å². The molecule has 154 valence electrons. The van der Waals surface area contributed by atoms with Gasteiger partial charge in [0.1, 0.15) is 19.6 Å². The SMILES string of the molecule is CC(C)c1ccc(C[NH+](CC(=O)N2CCN(c3cccc[nH+]3)CC2)C2CC2)cc1. The van der Waals surface area contributed by atoms with E-state index in [0.717, 1.165) is 38.5 Å². The molecule has 5 heteroatoms. The quantitative estimate of drug-likeness (QED) is 0.774. The van der Waals surface area contributed by atoms with Crippen LogP contribution in [-0.4, -0.2) is 49.6 Å². The molecule has 0 bridgehead atoms. The number of nitrogens with zero attached hydrogens (tertiary/aromatic N) is 2. The number of piperazine rings is 1. The van der Waals surface area contributed by atoms with Crippen LogP contribution < -0.4 is 14.8 Å². The monoisotopic (exact) mass is 394 g/mol. The molecule has 2 aromatic rings. The summed E-state index contributed by atoms with van der Waals surface area (Å²) in [7, 11) is 0. The van der Waals surface area contributed by atoms with Crippen molar-refractivity contribution >= 4 is 11.7 Å². The largest absolute Gasteiger partial charge is 0.330 e. The Morgan fingerprint density at radius 3 is 2.38 bits per heavy atom. The summed E-state index contributed by atoms with van der Waals surface area (Å²) in [6.45, 7) is 9.42. The van der Waals surface area contributed by atoms with Crippen LogP contribution in [0.25, 0.3) is 0 Å². The van der Waals surface area contributed by atoms with Gasteiger partial charge in [-0.05, 0) is 17.5 Å². The predicted octanol–water partition coefficient (Wildman–Crippen LogP) is 1.52. The molecule has 1 amide bonds. The van der Waals surface area contributed by atoms with Gasteiger partial charge < -0.3 is 9.80 Å². The third kappa shape index (κ3) is 5.15. The standard InChI is InChI=1S/C24H32N4O/c1-19(2)21-8-6-20(7-9-21)17-28(22-10-11-22)18-24(29)27-15-13-26(14-16-27)23-5-3-4-12-25-23/h3-9,12,19,22H,10-11,13-18H2,1-2H3/p+2. The Morgan fingerprint density at radius 1 is 1.07 bits per heavy atom. The Balaban J connectivity index is 1.31. The number of hydrogen-bond acceptors (Lipinski definition) is 2. The first-order chi connectivity index (χ1) is 14.1. The maximum absolute atomic E-state index is 13.0. The number of aromatic nitrogens is 1. The van der Waals surface area contributed by atoms with Crippen LogP contribution in [0, 0.1) is 0 Å². The van der Waals surface area contributed by atoms with Crippen molar-refractivity contribution in [1.29, 1.82) is 0 Å². The van der Waals surface area contributed by atoms with Gasteiger partial charge in [0.05, 0.1) is 25.3 Å². The minimum absolute atomic E-state index is 0.308. The topological polar surface area (TPSA) is 42.1 Å². The van der Waals surface area contributed by atoms with E-state index in [4.69, 9.17) is 0 Å². The Hall–Kier alpha value is -2.40. The summed E-state index contributed by atoms with van der Waals surface area (Å²) in [6, 6.07) is 15.8. The molecule has 29 heavy (non-hydrogen) atoms. The number of H-pyrrole nitrogens is 1. The van der Waals surface area contributed by atoms with E-state index in [1.807, 2.05) is 18.3 Å². The number of amides is 1. The van der Waals surface area contributed by atoms with Crippen molar-refractivity contribution in [3.63, 3.8) is 0 Å². The fourth-order valence-corrected chi connectivity index (χ4v) is 4.21. The van der Waals surface area contributed by atoms with Gasteiger partial charge in [0.15, 0.2) is 6.54 Å². The minimum Gasteiger partial charge on any atom is -0.330 e. The summed E-state index contributed by atoms with van der Waals surface area (Å²) in [5.41, 5.74) is 2.72. The van der Waals surface area contributed by atoms with Gasteiger partial charge in [-0.3, -0.25) is 9.69 Å². The van der Waals surface area contributed by atoms with Crippen molar-refractivity contribution in [2.75, 3.05) is 37.6 Å². The molecule has 5 nitrogen and oxygen atoms in total. The van der Waals surface area contributed by atoms with Gasteiger partial charge in [-0.15, -0.1) is 0 Å². The van der Waals surface area contributed by atoms with E-state index >= 15 is 0 Å². The number of pyridine rings is 1. The number of carbonyl (C=O) groups is 1. The third-order valence-electron chi connectivity index (χ3n) is 6.28. The molecule has 2 heterocycles. The number of benzene rings is 1. The number of anilines is 1. The molecule has 1 aromatic carbocycles. The zero-order valence-electron chi connectivity index (χ0n) is 17.7. The average Bonchev–Trinajstić information content (AvgIpc) is 3.60. The maximum atomic E-state index is 13.0. The molecule has 1 aliphatic carbocycles. The van der Waals surface area contributed by atoms with Crippen LogP contribution in [0.3, 0.4) is 0 Å². The van der Waals surface area contributed by atoms with Gasteiger partial charge in [0, 0.05) is 24.5 Å². The Kier molecular flexibility index (Phi) is 6.14. The molecule has 2 fully saturated rings. The Morgan fingerprint density at radius 2 is 1.79 bits per heavy atom. The lowest BCUT2D eigenvalue weighted by molar-refractivity contribution is -0.917. The van der Waals surface area contributed by atoms with Gasteiger partial charge in [-0.25, -0.2) is 4.98 Å². The molecule has 1 aromatic heterocycles. The number of carbonyl (C=O) groups excluding carboxylic acids is 1. The van der Waals surface area contributed by atoms with Crippen molar-refractivity contribution in [2.45, 2.75) is 45.2 Å². The Bertz CT molecular complexity index is 793. The molecule has 4 rings (SSSR count). The van der Waals surface area contributed by atoms with Crippen LogP contribution in [0.15, 0.2) is 48.7 Å². The average molecular weight is 395 g/mol. The molecular weight excluding hydrogens is 360 g/mol. The van der Waals surface area contributed by atoms with Crippen molar-refractivity contribution in [3.05, 3.63) is 59.8 Å². The molecular formula is C24H34N4O+2. The van der Waals surface area contributed by atoms with Crippen LogP contribution >= 0.6 is 0 Å². The van der Waals surface area contributed by atoms with E-state index in [-0.39, 0.29) is 0 Å². The van der Waals surface area contributed by atoms with Gasteiger partial charge in [0.25, 0.3) is 11.7 Å².